The van der Waals surface area contributed by atoms with Gasteiger partial charge < -0.3 is 59.4 Å². The second-order valence-corrected chi connectivity index (χ2v) is 11.6. The number of nitrogens with zero attached hydrogens (tertiary/aromatic N) is 10. The molecule has 0 atom stereocenters. The Bertz CT molecular complexity index is 1890. The van der Waals surface area contributed by atoms with E-state index in [9.17, 15) is 0 Å². The van der Waals surface area contributed by atoms with Crippen molar-refractivity contribution in [2.24, 2.45) is 48.6 Å². The minimum absolute atomic E-state index is 0. The summed E-state index contributed by atoms with van der Waals surface area (Å²) >= 11 is 0. The van der Waals surface area contributed by atoms with Gasteiger partial charge in [0.05, 0.1) is 32.0 Å². The SMILES string of the molecule is CCN(CC)c1ccc(N=Nc2c3ccccc3n(C)[n+]2C)cc1.CCN(CC)c1ccc(N=Nc2c3ccccc3n(C)[n+]2C)cc1.[Cl-].[Cl-].[Cl-].[Cl-].[Zn+2]. The fraction of sp³-hybridized carbons (Fsp3) is 0.316. The van der Waals surface area contributed by atoms with Gasteiger partial charge in [-0.1, -0.05) is 24.3 Å². The molecule has 15 heteroatoms. The maximum Gasteiger partial charge on any atom is 2.00 e. The van der Waals surface area contributed by atoms with Crippen LogP contribution in [0.4, 0.5) is 34.4 Å². The van der Waals surface area contributed by atoms with Crippen LogP contribution >= 0.6 is 0 Å². The average Bonchev–Trinajstić information content (AvgIpc) is 3.52. The number of hydrogen-bond donors (Lipinski definition) is 0. The van der Waals surface area contributed by atoms with Crippen LogP contribution in [0.15, 0.2) is 118 Å². The molecule has 4 aromatic carbocycles. The van der Waals surface area contributed by atoms with E-state index in [0.29, 0.717) is 0 Å². The third-order valence-electron chi connectivity index (χ3n) is 8.98. The zero-order valence-electron chi connectivity index (χ0n) is 31.8. The van der Waals surface area contributed by atoms with Crippen molar-refractivity contribution in [3.63, 3.8) is 0 Å². The number of anilines is 2. The van der Waals surface area contributed by atoms with Crippen LogP contribution in [0.1, 0.15) is 27.7 Å². The number of benzene rings is 4. The molecule has 6 aromatic rings. The number of hydrogen-bond acceptors (Lipinski definition) is 6. The summed E-state index contributed by atoms with van der Waals surface area (Å²) in [5.74, 6) is 1.72. The van der Waals surface area contributed by atoms with Crippen LogP contribution in [-0.2, 0) is 47.7 Å². The number of halogens is 4. The van der Waals surface area contributed by atoms with Gasteiger partial charge in [0, 0.05) is 51.6 Å². The molecule has 0 aliphatic rings. The molecule has 0 amide bonds. The van der Waals surface area contributed by atoms with E-state index in [4.69, 9.17) is 0 Å². The van der Waals surface area contributed by atoms with E-state index in [0.717, 1.165) is 71.0 Å². The summed E-state index contributed by atoms with van der Waals surface area (Å²) in [6, 6.07) is 32.9. The molecular weight excluding hydrogens is 804 g/mol. The molecule has 6 rings (SSSR count). The molecule has 0 radical (unpaired) electrons. The second-order valence-electron chi connectivity index (χ2n) is 11.6. The van der Waals surface area contributed by atoms with Crippen molar-refractivity contribution in [2.75, 3.05) is 36.0 Å². The van der Waals surface area contributed by atoms with Gasteiger partial charge >= 0.3 is 31.1 Å². The topological polar surface area (TPSA) is 73.5 Å². The number of azo groups is 2. The van der Waals surface area contributed by atoms with E-state index in [2.05, 4.69) is 116 Å². The summed E-state index contributed by atoms with van der Waals surface area (Å²) in [4.78, 5) is 4.62. The third-order valence-corrected chi connectivity index (χ3v) is 8.98. The first kappa shape index (κ1) is 49.4. The second kappa shape index (κ2) is 23.2. The molecule has 0 aliphatic carbocycles. The van der Waals surface area contributed by atoms with Gasteiger partial charge in [-0.25, -0.2) is 9.36 Å². The predicted octanol–water partition coefficient (Wildman–Crippen LogP) is -3.46. The molecular formula is C38H48Cl4N10Zn. The van der Waals surface area contributed by atoms with Crippen LogP contribution in [-0.4, -0.2) is 35.5 Å². The average molecular weight is 852 g/mol. The molecule has 0 fully saturated rings. The quantitative estimate of drug-likeness (QED) is 0.0819. The van der Waals surface area contributed by atoms with Crippen LogP contribution in [0.3, 0.4) is 0 Å². The maximum absolute atomic E-state index is 4.49. The first-order chi connectivity index (χ1) is 23.3. The molecule has 0 unspecified atom stereocenters. The summed E-state index contributed by atoms with van der Waals surface area (Å²) in [5.41, 5.74) is 6.44. The Morgan fingerprint density at radius 3 is 1.08 bits per heavy atom. The van der Waals surface area contributed by atoms with Gasteiger partial charge in [-0.2, -0.15) is 9.36 Å². The van der Waals surface area contributed by atoms with Crippen LogP contribution < -0.4 is 68.8 Å². The van der Waals surface area contributed by atoms with Crippen molar-refractivity contribution in [3.05, 3.63) is 97.1 Å². The fourth-order valence-corrected chi connectivity index (χ4v) is 5.93. The standard InChI is InChI=1S/2C19H24N5.4ClH.Zn/c2*1-5-24(6-2)16-13-11-15(12-14-16)20-21-19-17-9-7-8-10-18(17)22(3)23(19)4;;;;;/h2*7-14H,5-6H2,1-4H3;4*1H;/q2*+1;;;;;+2/p-4. The largest absolute Gasteiger partial charge is 2.00 e. The molecule has 2 heterocycles. The first-order valence-electron chi connectivity index (χ1n) is 16.7. The Morgan fingerprint density at radius 1 is 0.472 bits per heavy atom. The van der Waals surface area contributed by atoms with E-state index in [1.54, 1.807) is 0 Å². The van der Waals surface area contributed by atoms with Crippen LogP contribution in [0.5, 0.6) is 0 Å². The van der Waals surface area contributed by atoms with Crippen molar-refractivity contribution in [2.45, 2.75) is 27.7 Å². The molecule has 2 aromatic heterocycles. The normalized spacial score (nSPS) is 10.4. The molecule has 0 spiro atoms. The molecule has 53 heavy (non-hydrogen) atoms. The maximum atomic E-state index is 4.49. The Hall–Kier alpha value is -3.60. The first-order valence-corrected chi connectivity index (χ1v) is 16.7. The van der Waals surface area contributed by atoms with Crippen molar-refractivity contribution in [3.8, 4) is 0 Å². The van der Waals surface area contributed by atoms with Gasteiger partial charge in [-0.15, -0.1) is 0 Å². The van der Waals surface area contributed by atoms with E-state index in [1.807, 2.05) is 86.1 Å². The van der Waals surface area contributed by atoms with Crippen molar-refractivity contribution in [1.29, 1.82) is 0 Å². The van der Waals surface area contributed by atoms with Gasteiger partial charge in [0.15, 0.2) is 0 Å². The zero-order valence-corrected chi connectivity index (χ0v) is 37.7. The minimum Gasteiger partial charge on any atom is -1.00 e. The van der Waals surface area contributed by atoms with E-state index < -0.39 is 0 Å². The van der Waals surface area contributed by atoms with Crippen LogP contribution in [0.25, 0.3) is 21.8 Å². The minimum atomic E-state index is 0. The van der Waals surface area contributed by atoms with Gasteiger partial charge in [0.25, 0.3) is 0 Å². The van der Waals surface area contributed by atoms with Crippen molar-refractivity contribution >= 4 is 56.2 Å². The molecule has 280 valence electrons. The fourth-order valence-electron chi connectivity index (χ4n) is 5.93. The molecule has 0 aliphatic heterocycles. The zero-order chi connectivity index (χ0) is 34.2. The van der Waals surface area contributed by atoms with Crippen LogP contribution in [0, 0.1) is 0 Å². The predicted molar refractivity (Wildman–Crippen MR) is 197 cm³/mol. The number of aryl methyl sites for hydroxylation is 2. The number of rotatable bonds is 10. The summed E-state index contributed by atoms with van der Waals surface area (Å²) in [6.07, 6.45) is 0. The third kappa shape index (κ3) is 11.2. The molecule has 0 saturated heterocycles. The summed E-state index contributed by atoms with van der Waals surface area (Å²) in [6.45, 7) is 12.7. The monoisotopic (exact) mass is 848 g/mol. The number of aromatic nitrogens is 4. The Balaban J connectivity index is 0.000000932. The summed E-state index contributed by atoms with van der Waals surface area (Å²) in [7, 11) is 8.05. The molecule has 0 saturated carbocycles. The summed E-state index contributed by atoms with van der Waals surface area (Å²) < 4.78 is 8.18. The van der Waals surface area contributed by atoms with E-state index in [1.165, 1.54) is 11.4 Å². The number of fused-ring (bicyclic) bond motifs is 2. The van der Waals surface area contributed by atoms with Crippen molar-refractivity contribution < 1.29 is 78.5 Å². The van der Waals surface area contributed by atoms with E-state index >= 15 is 0 Å². The van der Waals surface area contributed by atoms with Crippen molar-refractivity contribution in [1.82, 2.24) is 9.36 Å². The molecule has 0 bridgehead atoms. The Labute approximate surface area is 351 Å². The van der Waals surface area contributed by atoms with Gasteiger partial charge in [0.1, 0.15) is 25.5 Å². The van der Waals surface area contributed by atoms with Gasteiger partial charge in [-0.3, -0.25) is 0 Å². The molecule has 10 nitrogen and oxygen atoms in total. The Morgan fingerprint density at radius 2 is 0.774 bits per heavy atom. The van der Waals surface area contributed by atoms with E-state index in [-0.39, 0.29) is 69.1 Å². The van der Waals surface area contributed by atoms with Gasteiger partial charge in [-0.05, 0) is 111 Å². The Kier molecular flexibility index (Phi) is 21.7. The molecule has 0 N–H and O–H groups in total. The van der Waals surface area contributed by atoms with Gasteiger partial charge in [0.2, 0.25) is 0 Å². The van der Waals surface area contributed by atoms with Crippen LogP contribution in [0.2, 0.25) is 0 Å². The smallest absolute Gasteiger partial charge is 1.00 e. The summed E-state index contributed by atoms with van der Waals surface area (Å²) in [5, 5.41) is 20.0. The number of para-hydroxylation sites is 2.